The van der Waals surface area contributed by atoms with Crippen LogP contribution in [-0.4, -0.2) is 54.0 Å². The second-order valence-electron chi connectivity index (χ2n) is 4.23. The fraction of sp³-hybridized carbons (Fsp3) is 0.833. The highest BCUT2D eigenvalue weighted by Gasteiger charge is 2.23. The molecule has 0 aromatic carbocycles. The van der Waals surface area contributed by atoms with Gasteiger partial charge in [-0.1, -0.05) is 0 Å². The van der Waals surface area contributed by atoms with Crippen LogP contribution in [-0.2, 0) is 14.3 Å². The molecule has 1 saturated heterocycles. The van der Waals surface area contributed by atoms with Crippen molar-refractivity contribution in [3.05, 3.63) is 0 Å². The summed E-state index contributed by atoms with van der Waals surface area (Å²) in [5.41, 5.74) is 5.36. The predicted octanol–water partition coefficient (Wildman–Crippen LogP) is 0.623. The van der Waals surface area contributed by atoms with E-state index in [1.165, 1.54) is 0 Å². The largest absolute Gasteiger partial charge is 0.466 e. The molecule has 1 amide bonds. The number of ether oxygens (including phenoxy) is 1. The zero-order chi connectivity index (χ0) is 13.4. The van der Waals surface area contributed by atoms with Crippen LogP contribution in [0.15, 0.2) is 0 Å². The molecule has 104 valence electrons. The molecule has 1 aliphatic heterocycles. The van der Waals surface area contributed by atoms with Crippen LogP contribution in [0.2, 0.25) is 0 Å². The van der Waals surface area contributed by atoms with Gasteiger partial charge in [0.2, 0.25) is 5.91 Å². The van der Waals surface area contributed by atoms with Crippen LogP contribution in [0, 0.1) is 0 Å². The molecule has 1 fully saturated rings. The van der Waals surface area contributed by atoms with Crippen LogP contribution in [0.3, 0.4) is 0 Å². The number of nitrogens with zero attached hydrogens (tertiary/aromatic N) is 1. The van der Waals surface area contributed by atoms with Gasteiger partial charge in [0.1, 0.15) is 0 Å². The highest BCUT2D eigenvalue weighted by atomic mass is 32.2. The molecule has 0 bridgehead atoms. The van der Waals surface area contributed by atoms with Gasteiger partial charge in [-0.25, -0.2) is 0 Å². The lowest BCUT2D eigenvalue weighted by atomic mass is 10.1. The Morgan fingerprint density at radius 1 is 1.50 bits per heavy atom. The van der Waals surface area contributed by atoms with Crippen molar-refractivity contribution in [1.29, 1.82) is 0 Å². The Bertz CT molecular complexity index is 286. The third-order valence-corrected chi connectivity index (χ3v) is 4.17. The number of carbonyl (C=O) groups excluding carboxylic acids is 2. The van der Waals surface area contributed by atoms with Crippen molar-refractivity contribution in [3.63, 3.8) is 0 Å². The van der Waals surface area contributed by atoms with E-state index in [2.05, 4.69) is 0 Å². The molecule has 0 radical (unpaired) electrons. The van der Waals surface area contributed by atoms with Gasteiger partial charge in [-0.2, -0.15) is 11.8 Å². The lowest BCUT2D eigenvalue weighted by molar-refractivity contribution is -0.142. The van der Waals surface area contributed by atoms with E-state index in [-0.39, 0.29) is 18.4 Å². The number of likely N-dealkylation sites (tertiary alicyclic amines) is 1. The number of hydrogen-bond acceptors (Lipinski definition) is 5. The number of esters is 1. The van der Waals surface area contributed by atoms with Gasteiger partial charge in [-0.05, 0) is 19.8 Å². The van der Waals surface area contributed by atoms with E-state index >= 15 is 0 Å². The number of piperidine rings is 1. The maximum Gasteiger partial charge on any atom is 0.306 e. The van der Waals surface area contributed by atoms with E-state index in [4.69, 9.17) is 10.5 Å². The summed E-state index contributed by atoms with van der Waals surface area (Å²) < 4.78 is 4.87. The van der Waals surface area contributed by atoms with Crippen molar-refractivity contribution in [2.45, 2.75) is 31.4 Å². The van der Waals surface area contributed by atoms with Crippen molar-refractivity contribution in [2.75, 3.05) is 32.0 Å². The first-order chi connectivity index (χ1) is 8.67. The number of thioether (sulfide) groups is 1. The molecule has 1 atom stereocenters. The molecule has 0 spiro atoms. The Morgan fingerprint density at radius 2 is 2.28 bits per heavy atom. The minimum absolute atomic E-state index is 0.0192. The van der Waals surface area contributed by atoms with Crippen LogP contribution in [0.5, 0.6) is 0 Å². The van der Waals surface area contributed by atoms with Gasteiger partial charge < -0.3 is 15.4 Å². The highest BCUT2D eigenvalue weighted by Crippen LogP contribution is 2.23. The standard InChI is InChI=1S/C12H22N2O3S/c1-2-17-12(16)5-7-18-10-4-3-6-14(9-10)11(15)8-13/h10H,2-9,13H2,1H3. The molecule has 0 aromatic heterocycles. The van der Waals surface area contributed by atoms with Gasteiger partial charge in [0, 0.05) is 24.1 Å². The molecule has 1 unspecified atom stereocenters. The summed E-state index contributed by atoms with van der Waals surface area (Å²) in [5, 5.41) is 0.420. The zero-order valence-electron chi connectivity index (χ0n) is 10.9. The molecule has 18 heavy (non-hydrogen) atoms. The molecular formula is C12H22N2O3S. The molecule has 6 heteroatoms. The lowest BCUT2D eigenvalue weighted by Crippen LogP contribution is -2.44. The SMILES string of the molecule is CCOC(=O)CCSC1CCCN(C(=O)CN)C1. The predicted molar refractivity (Wildman–Crippen MR) is 72.4 cm³/mol. The molecule has 1 heterocycles. The quantitative estimate of drug-likeness (QED) is 0.719. The second kappa shape index (κ2) is 8.37. The van der Waals surface area contributed by atoms with Gasteiger partial charge in [-0.15, -0.1) is 0 Å². The lowest BCUT2D eigenvalue weighted by Gasteiger charge is -2.32. The minimum atomic E-state index is -0.143. The van der Waals surface area contributed by atoms with E-state index in [0.717, 1.165) is 31.7 Å². The smallest absolute Gasteiger partial charge is 0.306 e. The van der Waals surface area contributed by atoms with Crippen molar-refractivity contribution >= 4 is 23.6 Å². The second-order valence-corrected chi connectivity index (χ2v) is 5.64. The average Bonchev–Trinajstić information content (AvgIpc) is 2.38. The van der Waals surface area contributed by atoms with E-state index in [0.29, 0.717) is 18.3 Å². The summed E-state index contributed by atoms with van der Waals surface area (Å²) in [4.78, 5) is 24.5. The Hall–Kier alpha value is -0.750. The third kappa shape index (κ3) is 5.27. The third-order valence-electron chi connectivity index (χ3n) is 2.87. The van der Waals surface area contributed by atoms with Crippen molar-refractivity contribution in [1.82, 2.24) is 4.90 Å². The number of carbonyl (C=O) groups is 2. The Balaban J connectivity index is 2.22. The van der Waals surface area contributed by atoms with Crippen LogP contribution < -0.4 is 5.73 Å². The number of amides is 1. The number of hydrogen-bond donors (Lipinski definition) is 1. The highest BCUT2D eigenvalue weighted by molar-refractivity contribution is 7.99. The van der Waals surface area contributed by atoms with Crippen LogP contribution in [0.25, 0.3) is 0 Å². The topological polar surface area (TPSA) is 72.6 Å². The fourth-order valence-electron chi connectivity index (χ4n) is 1.97. The van der Waals surface area contributed by atoms with Crippen molar-refractivity contribution in [3.8, 4) is 0 Å². The zero-order valence-corrected chi connectivity index (χ0v) is 11.7. The van der Waals surface area contributed by atoms with Crippen molar-refractivity contribution in [2.24, 2.45) is 5.73 Å². The molecule has 2 N–H and O–H groups in total. The molecule has 1 aliphatic rings. The van der Waals surface area contributed by atoms with Gasteiger partial charge >= 0.3 is 5.97 Å². The van der Waals surface area contributed by atoms with E-state index in [1.54, 1.807) is 11.8 Å². The molecular weight excluding hydrogens is 252 g/mol. The molecule has 0 aromatic rings. The Labute approximate surface area is 112 Å². The minimum Gasteiger partial charge on any atom is -0.466 e. The summed E-state index contributed by atoms with van der Waals surface area (Å²) in [6, 6.07) is 0. The fourth-order valence-corrected chi connectivity index (χ4v) is 3.21. The number of rotatable bonds is 6. The summed E-state index contributed by atoms with van der Waals surface area (Å²) in [5.74, 6) is 0.634. The first-order valence-corrected chi connectivity index (χ1v) is 7.47. The van der Waals surface area contributed by atoms with Crippen molar-refractivity contribution < 1.29 is 14.3 Å². The van der Waals surface area contributed by atoms with Crippen LogP contribution >= 0.6 is 11.8 Å². The monoisotopic (exact) mass is 274 g/mol. The maximum atomic E-state index is 11.5. The molecule has 0 aliphatic carbocycles. The van der Waals surface area contributed by atoms with Gasteiger partial charge in [0.25, 0.3) is 0 Å². The van der Waals surface area contributed by atoms with E-state index < -0.39 is 0 Å². The summed E-state index contributed by atoms with van der Waals surface area (Å²) in [6.45, 7) is 3.89. The molecule has 0 saturated carbocycles. The number of nitrogens with two attached hydrogens (primary N) is 1. The van der Waals surface area contributed by atoms with E-state index in [1.807, 2.05) is 11.8 Å². The summed E-state index contributed by atoms with van der Waals surface area (Å²) in [6.07, 6.45) is 2.56. The summed E-state index contributed by atoms with van der Waals surface area (Å²) >= 11 is 1.75. The average molecular weight is 274 g/mol. The first kappa shape index (κ1) is 15.3. The Kier molecular flexibility index (Phi) is 7.12. The summed E-state index contributed by atoms with van der Waals surface area (Å²) in [7, 11) is 0. The molecule has 1 rings (SSSR count). The van der Waals surface area contributed by atoms with Crippen LogP contribution in [0.4, 0.5) is 0 Å². The normalized spacial score (nSPS) is 19.7. The first-order valence-electron chi connectivity index (χ1n) is 6.42. The molecule has 5 nitrogen and oxygen atoms in total. The Morgan fingerprint density at radius 3 is 2.94 bits per heavy atom. The van der Waals surface area contributed by atoms with E-state index in [9.17, 15) is 9.59 Å². The van der Waals surface area contributed by atoms with Crippen LogP contribution in [0.1, 0.15) is 26.2 Å². The van der Waals surface area contributed by atoms with Gasteiger partial charge in [0.05, 0.1) is 19.6 Å². The van der Waals surface area contributed by atoms with Gasteiger partial charge in [-0.3, -0.25) is 9.59 Å². The maximum absolute atomic E-state index is 11.5. The van der Waals surface area contributed by atoms with Gasteiger partial charge in [0.15, 0.2) is 0 Å².